The second-order valence-electron chi connectivity index (χ2n) is 8.33. The monoisotopic (exact) mass is 438 g/mol. The van der Waals surface area contributed by atoms with Gasteiger partial charge >= 0.3 is 15.6 Å². The molecule has 1 aromatic rings. The van der Waals surface area contributed by atoms with Gasteiger partial charge in [0.2, 0.25) is 0 Å². The van der Waals surface area contributed by atoms with Gasteiger partial charge < -0.3 is 9.79 Å². The average molecular weight is 438 g/mol. The molecule has 0 radical (unpaired) electrons. The van der Waals surface area contributed by atoms with Crippen molar-refractivity contribution in [3.8, 4) is 0 Å². The van der Waals surface area contributed by atoms with E-state index in [4.69, 9.17) is 18.1 Å². The van der Waals surface area contributed by atoms with Crippen LogP contribution in [0.15, 0.2) is 24.3 Å². The minimum atomic E-state index is -4.09. The highest BCUT2D eigenvalue weighted by Gasteiger charge is 2.29. The van der Waals surface area contributed by atoms with Crippen molar-refractivity contribution < 1.29 is 37.0 Å². The van der Waals surface area contributed by atoms with Crippen molar-refractivity contribution in [2.45, 2.75) is 65.6 Å². The molecule has 8 nitrogen and oxygen atoms in total. The van der Waals surface area contributed by atoms with Crippen LogP contribution in [0.3, 0.4) is 0 Å². The molecular formula is C18H32O8P2. The molecule has 1 rings (SSSR count). The number of phosphoric acid groups is 2. The second-order valence-corrected chi connectivity index (χ2v) is 11.1. The highest BCUT2D eigenvalue weighted by atomic mass is 31.2. The molecule has 0 saturated heterocycles. The van der Waals surface area contributed by atoms with Gasteiger partial charge in [-0.05, 0) is 65.5 Å². The van der Waals surface area contributed by atoms with Gasteiger partial charge in [-0.2, -0.15) is 0 Å². The zero-order valence-electron chi connectivity index (χ0n) is 17.4. The van der Waals surface area contributed by atoms with E-state index in [-0.39, 0.29) is 13.2 Å². The van der Waals surface area contributed by atoms with Gasteiger partial charge in [-0.25, -0.2) is 9.13 Å². The van der Waals surface area contributed by atoms with E-state index >= 15 is 0 Å². The van der Waals surface area contributed by atoms with Gasteiger partial charge in [-0.15, -0.1) is 0 Å². The van der Waals surface area contributed by atoms with E-state index in [1.807, 2.05) is 24.3 Å². The summed E-state index contributed by atoms with van der Waals surface area (Å²) in [4.78, 5) is 19.3. The number of hydrogen-bond donors (Lipinski definition) is 2. The van der Waals surface area contributed by atoms with Gasteiger partial charge in [-0.3, -0.25) is 18.1 Å². The molecule has 2 atom stereocenters. The average Bonchev–Trinajstić information content (AvgIpc) is 2.43. The Labute approximate surface area is 167 Å². The lowest BCUT2D eigenvalue weighted by Crippen LogP contribution is -2.18. The van der Waals surface area contributed by atoms with Crippen LogP contribution in [0.25, 0.3) is 0 Å². The summed E-state index contributed by atoms with van der Waals surface area (Å²) in [6, 6.07) is 7.43. The number of phosphoric ester groups is 2. The van der Waals surface area contributed by atoms with Crippen LogP contribution in [0.5, 0.6) is 0 Å². The Kier molecular flexibility index (Phi) is 9.07. The van der Waals surface area contributed by atoms with Crippen LogP contribution in [0.1, 0.15) is 52.7 Å². The molecule has 10 heteroatoms. The smallest absolute Gasteiger partial charge is 0.302 e. The number of benzene rings is 1. The lowest BCUT2D eigenvalue weighted by atomic mass is 10.1. The van der Waals surface area contributed by atoms with Crippen molar-refractivity contribution in [3.05, 3.63) is 35.4 Å². The van der Waals surface area contributed by atoms with E-state index < -0.39 is 26.8 Å². The van der Waals surface area contributed by atoms with Gasteiger partial charge in [0.05, 0.1) is 24.4 Å². The van der Waals surface area contributed by atoms with E-state index in [1.54, 1.807) is 41.5 Å². The Morgan fingerprint density at radius 1 is 0.714 bits per heavy atom. The molecule has 28 heavy (non-hydrogen) atoms. The van der Waals surface area contributed by atoms with Crippen LogP contribution >= 0.6 is 15.6 Å². The summed E-state index contributed by atoms with van der Waals surface area (Å²) in [7, 11) is -8.17. The van der Waals surface area contributed by atoms with Gasteiger partial charge in [-0.1, -0.05) is 24.3 Å². The topological polar surface area (TPSA) is 112 Å². The van der Waals surface area contributed by atoms with Crippen molar-refractivity contribution >= 4 is 15.6 Å². The SMILES string of the molecule is CC(C)(C)OP(=O)(O)OCCc1ccc(CCOP(=O)(O)OC(C)(C)C)cc1. The van der Waals surface area contributed by atoms with Crippen molar-refractivity contribution in [1.82, 2.24) is 0 Å². The highest BCUT2D eigenvalue weighted by molar-refractivity contribution is 7.47. The van der Waals surface area contributed by atoms with Crippen LogP contribution < -0.4 is 0 Å². The molecule has 0 spiro atoms. The molecule has 2 unspecified atom stereocenters. The quantitative estimate of drug-likeness (QED) is 0.509. The van der Waals surface area contributed by atoms with Crippen molar-refractivity contribution in [2.24, 2.45) is 0 Å². The van der Waals surface area contributed by atoms with Gasteiger partial charge in [0.15, 0.2) is 0 Å². The fourth-order valence-electron chi connectivity index (χ4n) is 2.18. The molecule has 0 heterocycles. The van der Waals surface area contributed by atoms with Crippen molar-refractivity contribution in [3.63, 3.8) is 0 Å². The largest absolute Gasteiger partial charge is 0.472 e. The molecule has 0 amide bonds. The maximum Gasteiger partial charge on any atom is 0.472 e. The Morgan fingerprint density at radius 2 is 1.00 bits per heavy atom. The van der Waals surface area contributed by atoms with Crippen LogP contribution in [0.4, 0.5) is 0 Å². The van der Waals surface area contributed by atoms with E-state index in [1.165, 1.54) is 0 Å². The first-order valence-electron chi connectivity index (χ1n) is 9.01. The minimum Gasteiger partial charge on any atom is -0.302 e. The highest BCUT2D eigenvalue weighted by Crippen LogP contribution is 2.47. The Bertz CT molecular complexity index is 643. The Morgan fingerprint density at radius 3 is 1.25 bits per heavy atom. The third-order valence-corrected chi connectivity index (χ3v) is 5.67. The third-order valence-electron chi connectivity index (χ3n) is 3.09. The second kappa shape index (κ2) is 9.96. The van der Waals surface area contributed by atoms with Crippen LogP contribution in [0, 0.1) is 0 Å². The first kappa shape index (κ1) is 25.5. The maximum absolute atomic E-state index is 11.8. The first-order valence-corrected chi connectivity index (χ1v) is 12.0. The zero-order chi connectivity index (χ0) is 21.6. The summed E-state index contributed by atoms with van der Waals surface area (Å²) >= 11 is 0. The third kappa shape index (κ3) is 12.1. The summed E-state index contributed by atoms with van der Waals surface area (Å²) in [6.45, 7) is 10.1. The summed E-state index contributed by atoms with van der Waals surface area (Å²) in [5, 5.41) is 0. The van der Waals surface area contributed by atoms with Crippen molar-refractivity contribution in [1.29, 1.82) is 0 Å². The summed E-state index contributed by atoms with van der Waals surface area (Å²) in [6.07, 6.45) is 0.889. The van der Waals surface area contributed by atoms with E-state index in [2.05, 4.69) is 0 Å². The van der Waals surface area contributed by atoms with Gasteiger partial charge in [0.1, 0.15) is 0 Å². The lowest BCUT2D eigenvalue weighted by molar-refractivity contribution is 0.0606. The van der Waals surface area contributed by atoms with E-state index in [0.717, 1.165) is 11.1 Å². The number of rotatable bonds is 10. The van der Waals surface area contributed by atoms with E-state index in [9.17, 15) is 18.9 Å². The minimum absolute atomic E-state index is 0.0458. The van der Waals surface area contributed by atoms with E-state index in [0.29, 0.717) is 12.8 Å². The molecule has 0 aliphatic rings. The van der Waals surface area contributed by atoms with Crippen LogP contribution in [0.2, 0.25) is 0 Å². The summed E-state index contributed by atoms with van der Waals surface area (Å²) in [5.41, 5.74) is 0.295. The van der Waals surface area contributed by atoms with Gasteiger partial charge in [0, 0.05) is 0 Å². The predicted octanol–water partition coefficient (Wildman–Crippen LogP) is 4.64. The van der Waals surface area contributed by atoms with Crippen LogP contribution in [-0.4, -0.2) is 34.2 Å². The Hall–Kier alpha value is -0.560. The fraction of sp³-hybridized carbons (Fsp3) is 0.667. The fourth-order valence-corrected chi connectivity index (χ4v) is 4.31. The summed E-state index contributed by atoms with van der Waals surface area (Å²) in [5.74, 6) is 0. The zero-order valence-corrected chi connectivity index (χ0v) is 19.2. The molecule has 0 saturated carbocycles. The molecule has 0 aliphatic carbocycles. The maximum atomic E-state index is 11.8. The molecule has 0 bridgehead atoms. The Balaban J connectivity index is 2.42. The number of hydrogen-bond acceptors (Lipinski definition) is 6. The lowest BCUT2D eigenvalue weighted by Gasteiger charge is -2.22. The van der Waals surface area contributed by atoms with Gasteiger partial charge in [0.25, 0.3) is 0 Å². The molecule has 2 N–H and O–H groups in total. The molecule has 0 aliphatic heterocycles. The molecule has 0 fully saturated rings. The first-order chi connectivity index (χ1) is 12.6. The normalized spacial score (nSPS) is 17.1. The standard InChI is InChI=1S/C18H32O8P2/c1-17(2,3)25-27(19,20)23-13-11-15-7-9-16(10-8-15)12-14-24-28(21,22)26-18(4,5)6/h7-10H,11-14H2,1-6H3,(H,19,20)(H,21,22). The summed E-state index contributed by atoms with van der Waals surface area (Å²) < 4.78 is 43.6. The molecule has 1 aromatic carbocycles. The van der Waals surface area contributed by atoms with Crippen LogP contribution in [-0.2, 0) is 40.1 Å². The molecule has 0 aromatic heterocycles. The van der Waals surface area contributed by atoms with Crippen molar-refractivity contribution in [2.75, 3.05) is 13.2 Å². The predicted molar refractivity (Wildman–Crippen MR) is 107 cm³/mol. The molecule has 162 valence electrons. The molecular weight excluding hydrogens is 406 g/mol.